The first-order valence-corrected chi connectivity index (χ1v) is 11.3. The van der Waals surface area contributed by atoms with Crippen LogP contribution in [0.2, 0.25) is 5.02 Å². The number of benzene rings is 2. The van der Waals surface area contributed by atoms with Crippen molar-refractivity contribution in [3.8, 4) is 0 Å². The lowest BCUT2D eigenvalue weighted by Crippen LogP contribution is -2.50. The summed E-state index contributed by atoms with van der Waals surface area (Å²) in [4.78, 5) is 38.1. The molecule has 2 amide bonds. The zero-order valence-electron chi connectivity index (χ0n) is 18.9. The summed E-state index contributed by atoms with van der Waals surface area (Å²) in [5.74, 6) is -2.91. The van der Waals surface area contributed by atoms with Crippen LogP contribution in [0.1, 0.15) is 22.3 Å². The molecule has 1 fully saturated rings. The topological polar surface area (TPSA) is 90.0 Å². The number of hydrogen-bond donors (Lipinski definition) is 2. The highest BCUT2D eigenvalue weighted by Crippen LogP contribution is 2.15. The molecule has 35 heavy (non-hydrogen) atoms. The van der Waals surface area contributed by atoms with Crippen molar-refractivity contribution in [1.29, 1.82) is 0 Å². The zero-order valence-corrected chi connectivity index (χ0v) is 19.7. The summed E-state index contributed by atoms with van der Waals surface area (Å²) in [6, 6.07) is 17.1. The first-order chi connectivity index (χ1) is 16.6. The van der Waals surface area contributed by atoms with Crippen LogP contribution < -0.4 is 5.32 Å². The van der Waals surface area contributed by atoms with Gasteiger partial charge in [-0.15, -0.1) is 0 Å². The quantitative estimate of drug-likeness (QED) is 0.591. The fraction of sp³-hybridized carbons (Fsp3) is 0.375. The number of alkyl halides is 3. The highest BCUT2D eigenvalue weighted by Gasteiger charge is 2.38. The van der Waals surface area contributed by atoms with Crippen LogP contribution in [0.25, 0.3) is 0 Å². The molecule has 0 atom stereocenters. The van der Waals surface area contributed by atoms with E-state index in [2.05, 4.69) is 17.4 Å². The molecule has 2 aromatic rings. The number of carboxylic acid groups (broad SMARTS) is 1. The third kappa shape index (κ3) is 9.96. The molecule has 0 bridgehead atoms. The van der Waals surface area contributed by atoms with E-state index >= 15 is 0 Å². The molecule has 0 aliphatic carbocycles. The Morgan fingerprint density at radius 3 is 2.23 bits per heavy atom. The van der Waals surface area contributed by atoms with Crippen LogP contribution >= 0.6 is 11.6 Å². The Kier molecular flexibility index (Phi) is 11.0. The number of aryl methyl sites for hydroxylation is 1. The van der Waals surface area contributed by atoms with Gasteiger partial charge < -0.3 is 20.2 Å². The summed E-state index contributed by atoms with van der Waals surface area (Å²) in [7, 11) is 0. The van der Waals surface area contributed by atoms with Crippen molar-refractivity contribution in [2.45, 2.75) is 19.0 Å². The molecule has 3 rings (SSSR count). The molecule has 1 aliphatic heterocycles. The van der Waals surface area contributed by atoms with Gasteiger partial charge in [0.05, 0.1) is 0 Å². The molecule has 0 unspecified atom stereocenters. The molecule has 0 aromatic heterocycles. The normalized spacial score (nSPS) is 13.4. The molecular formula is C24H27ClF3N3O4. The minimum Gasteiger partial charge on any atom is -0.475 e. The first kappa shape index (κ1) is 28.1. The lowest BCUT2D eigenvalue weighted by atomic mass is 10.1. The number of carbonyl (C=O) groups excluding carboxylic acids is 2. The SMILES string of the molecule is O=C(CN(CCCc1ccccc1)C(=O)c1cccc(Cl)c1)N1CCNCC1.O=C(O)C(F)(F)F. The maximum atomic E-state index is 13.0. The first-order valence-electron chi connectivity index (χ1n) is 11.0. The van der Waals surface area contributed by atoms with E-state index in [1.54, 1.807) is 29.2 Å². The zero-order chi connectivity index (χ0) is 25.8. The minimum absolute atomic E-state index is 0.00316. The molecule has 190 valence electrons. The molecule has 1 aliphatic rings. The second-order valence-electron chi connectivity index (χ2n) is 7.76. The molecule has 1 saturated heterocycles. The van der Waals surface area contributed by atoms with Gasteiger partial charge in [0.1, 0.15) is 6.54 Å². The van der Waals surface area contributed by atoms with Crippen molar-refractivity contribution >= 4 is 29.4 Å². The van der Waals surface area contributed by atoms with Crippen LogP contribution in [0.5, 0.6) is 0 Å². The molecular weight excluding hydrogens is 487 g/mol. The highest BCUT2D eigenvalue weighted by atomic mass is 35.5. The number of hydrogen-bond acceptors (Lipinski definition) is 4. The van der Waals surface area contributed by atoms with Crippen LogP contribution in [0.3, 0.4) is 0 Å². The van der Waals surface area contributed by atoms with Crippen LogP contribution in [0.4, 0.5) is 13.2 Å². The summed E-state index contributed by atoms with van der Waals surface area (Å²) >= 11 is 6.05. The maximum Gasteiger partial charge on any atom is 0.490 e. The summed E-state index contributed by atoms with van der Waals surface area (Å²) in [5.41, 5.74) is 1.74. The standard InChI is InChI=1S/C22H26ClN3O2.C2HF3O2/c23-20-10-4-9-19(16-20)22(28)26(13-5-8-18-6-2-1-3-7-18)17-21(27)25-14-11-24-12-15-25;3-2(4,5)1(6)7/h1-4,6-7,9-10,16,24H,5,8,11-15,17H2;(H,6,7). The van der Waals surface area contributed by atoms with E-state index in [4.69, 9.17) is 21.5 Å². The van der Waals surface area contributed by atoms with E-state index in [9.17, 15) is 22.8 Å². The summed E-state index contributed by atoms with van der Waals surface area (Å²) < 4.78 is 31.7. The molecule has 0 spiro atoms. The number of aliphatic carboxylic acids is 1. The van der Waals surface area contributed by atoms with Gasteiger partial charge in [0.25, 0.3) is 5.91 Å². The number of piperazine rings is 1. The van der Waals surface area contributed by atoms with Gasteiger partial charge in [-0.3, -0.25) is 9.59 Å². The van der Waals surface area contributed by atoms with Gasteiger partial charge in [-0.2, -0.15) is 13.2 Å². The molecule has 7 nitrogen and oxygen atoms in total. The monoisotopic (exact) mass is 513 g/mol. The predicted octanol–water partition coefficient (Wildman–Crippen LogP) is 3.48. The Morgan fingerprint density at radius 2 is 1.66 bits per heavy atom. The summed E-state index contributed by atoms with van der Waals surface area (Å²) in [6.45, 7) is 3.58. The van der Waals surface area contributed by atoms with Gasteiger partial charge in [0, 0.05) is 43.3 Å². The Labute approximate surface area is 206 Å². The maximum absolute atomic E-state index is 13.0. The molecule has 0 saturated carbocycles. The van der Waals surface area contributed by atoms with Crippen LogP contribution in [0, 0.1) is 0 Å². The highest BCUT2D eigenvalue weighted by molar-refractivity contribution is 6.31. The number of amides is 2. The van der Waals surface area contributed by atoms with Crippen LogP contribution in [-0.2, 0) is 16.0 Å². The summed E-state index contributed by atoms with van der Waals surface area (Å²) in [5, 5.41) is 10.9. The van der Waals surface area contributed by atoms with E-state index in [0.29, 0.717) is 30.2 Å². The minimum atomic E-state index is -5.08. The number of carboxylic acids is 1. The van der Waals surface area contributed by atoms with Crippen molar-refractivity contribution in [1.82, 2.24) is 15.1 Å². The lowest BCUT2D eigenvalue weighted by Gasteiger charge is -2.30. The van der Waals surface area contributed by atoms with Gasteiger partial charge in [0.2, 0.25) is 5.91 Å². The van der Waals surface area contributed by atoms with Gasteiger partial charge in [-0.1, -0.05) is 48.0 Å². The third-order valence-corrected chi connectivity index (χ3v) is 5.37. The van der Waals surface area contributed by atoms with E-state index in [-0.39, 0.29) is 18.4 Å². The average molecular weight is 514 g/mol. The third-order valence-electron chi connectivity index (χ3n) is 5.13. The van der Waals surface area contributed by atoms with E-state index < -0.39 is 12.1 Å². The fourth-order valence-corrected chi connectivity index (χ4v) is 3.54. The van der Waals surface area contributed by atoms with Gasteiger partial charge in [-0.05, 0) is 36.6 Å². The number of rotatable bonds is 7. The van der Waals surface area contributed by atoms with E-state index in [1.807, 2.05) is 23.1 Å². The number of nitrogens with zero attached hydrogens (tertiary/aromatic N) is 2. The number of halogens is 4. The second-order valence-corrected chi connectivity index (χ2v) is 8.20. The number of carbonyl (C=O) groups is 3. The predicted molar refractivity (Wildman–Crippen MR) is 125 cm³/mol. The Balaban J connectivity index is 0.000000540. The Bertz CT molecular complexity index is 983. The van der Waals surface area contributed by atoms with Crippen molar-refractivity contribution in [2.24, 2.45) is 0 Å². The van der Waals surface area contributed by atoms with Crippen LogP contribution in [0.15, 0.2) is 54.6 Å². The largest absolute Gasteiger partial charge is 0.490 e. The Morgan fingerprint density at radius 1 is 1.03 bits per heavy atom. The molecule has 2 aromatic carbocycles. The Hall–Kier alpha value is -3.11. The van der Waals surface area contributed by atoms with E-state index in [0.717, 1.165) is 25.9 Å². The molecule has 1 heterocycles. The molecule has 11 heteroatoms. The smallest absolute Gasteiger partial charge is 0.475 e. The molecule has 2 N–H and O–H groups in total. The van der Waals surface area contributed by atoms with Crippen molar-refractivity contribution in [2.75, 3.05) is 39.3 Å². The second kappa shape index (κ2) is 13.7. The fourth-order valence-electron chi connectivity index (χ4n) is 3.35. The van der Waals surface area contributed by atoms with Crippen molar-refractivity contribution in [3.05, 3.63) is 70.7 Å². The van der Waals surface area contributed by atoms with Gasteiger partial charge in [-0.25, -0.2) is 4.79 Å². The number of nitrogens with one attached hydrogen (secondary N) is 1. The molecule has 0 radical (unpaired) electrons. The lowest BCUT2D eigenvalue weighted by molar-refractivity contribution is -0.192. The van der Waals surface area contributed by atoms with Gasteiger partial charge in [0.15, 0.2) is 0 Å². The summed E-state index contributed by atoms with van der Waals surface area (Å²) in [6.07, 6.45) is -3.42. The van der Waals surface area contributed by atoms with E-state index in [1.165, 1.54) is 5.56 Å². The van der Waals surface area contributed by atoms with Crippen molar-refractivity contribution in [3.63, 3.8) is 0 Å². The van der Waals surface area contributed by atoms with Gasteiger partial charge >= 0.3 is 12.1 Å². The van der Waals surface area contributed by atoms with Crippen molar-refractivity contribution < 1.29 is 32.7 Å². The average Bonchev–Trinajstić information content (AvgIpc) is 2.84. The van der Waals surface area contributed by atoms with Crippen LogP contribution in [-0.4, -0.2) is 78.1 Å².